The number of ether oxygens (including phenoxy) is 2. The van der Waals surface area contributed by atoms with E-state index in [1.165, 1.54) is 10.7 Å². The lowest BCUT2D eigenvalue weighted by atomic mass is 10.1. The van der Waals surface area contributed by atoms with Crippen LogP contribution in [0.3, 0.4) is 0 Å². The van der Waals surface area contributed by atoms with Crippen LogP contribution in [-0.2, 0) is 16.6 Å². The van der Waals surface area contributed by atoms with Crippen molar-refractivity contribution in [2.45, 2.75) is 24.9 Å². The summed E-state index contributed by atoms with van der Waals surface area (Å²) in [6.45, 7) is 2.77. The summed E-state index contributed by atoms with van der Waals surface area (Å²) >= 11 is 0. The van der Waals surface area contributed by atoms with Gasteiger partial charge in [-0.25, -0.2) is 13.9 Å². The fraction of sp³-hybridized carbons (Fsp3) is 0.379. The van der Waals surface area contributed by atoms with Crippen molar-refractivity contribution in [1.29, 1.82) is 0 Å². The number of aryl methyl sites for hydroxylation is 1. The largest absolute Gasteiger partial charge is 0.487 e. The number of hydrogen-bond donors (Lipinski definition) is 1. The summed E-state index contributed by atoms with van der Waals surface area (Å²) in [5, 5.41) is 11.6. The zero-order valence-corrected chi connectivity index (χ0v) is 22.9. The molecular formula is C29H31FN8O3. The number of fused-ring (bicyclic) bond motifs is 2. The number of anilines is 1. The molecule has 1 amide bonds. The van der Waals surface area contributed by atoms with E-state index in [-0.39, 0.29) is 23.8 Å². The maximum Gasteiger partial charge on any atom is 0.229 e. The SMILES string of the molecule is CN1CCCO[C@@H](COc2cnn(C)c2-c2cc3cc(NC(=O)[C@H]4C[C@H]4c4cn5ccccc5n4)nn3cc2F)C1. The van der Waals surface area contributed by atoms with Crippen molar-refractivity contribution in [3.8, 4) is 17.0 Å². The van der Waals surface area contributed by atoms with Crippen molar-refractivity contribution in [3.05, 3.63) is 66.6 Å². The molecule has 0 unspecified atom stereocenters. The fourth-order valence-electron chi connectivity index (χ4n) is 5.61. The second-order valence-corrected chi connectivity index (χ2v) is 10.9. The van der Waals surface area contributed by atoms with E-state index in [0.717, 1.165) is 37.3 Å². The molecule has 1 aliphatic carbocycles. The normalized spacial score (nSPS) is 21.3. The standard InChI is InChI=1S/C29H31FN8O3/c1-35-7-5-9-40-19(14-35)17-41-25-13-31-36(2)28(25)22-10-18-11-26(34-38(18)15-23(22)30)33-29(39)21-12-20(21)24-16-37-8-4-3-6-27(37)32-24/h3-4,6,8,10-11,13,15-16,19-21H,5,7,9,12,14,17H2,1-2H3,(H,33,34,39)/t19-,20-,21+/m1/s1. The first-order chi connectivity index (χ1) is 19.9. The third-order valence-corrected chi connectivity index (χ3v) is 7.83. The first-order valence-corrected chi connectivity index (χ1v) is 13.8. The van der Waals surface area contributed by atoms with Gasteiger partial charge < -0.3 is 24.1 Å². The molecule has 0 aromatic carbocycles. The molecule has 11 nitrogen and oxygen atoms in total. The van der Waals surface area contributed by atoms with Crippen LogP contribution in [-0.4, -0.2) is 79.0 Å². The number of pyridine rings is 2. The summed E-state index contributed by atoms with van der Waals surface area (Å²) < 4.78 is 32.4. The Kier molecular flexibility index (Phi) is 6.43. The van der Waals surface area contributed by atoms with Crippen molar-refractivity contribution in [3.63, 3.8) is 0 Å². The number of likely N-dealkylation sites (N-methyl/N-ethyl adjacent to an activating group) is 1. The minimum atomic E-state index is -0.480. The molecule has 1 saturated carbocycles. The van der Waals surface area contributed by atoms with E-state index in [2.05, 4.69) is 32.4 Å². The van der Waals surface area contributed by atoms with Crippen LogP contribution in [0.15, 0.2) is 55.1 Å². The van der Waals surface area contributed by atoms with E-state index in [4.69, 9.17) is 9.47 Å². The average molecular weight is 559 g/mol. The minimum absolute atomic E-state index is 0.0722. The number of nitrogens with one attached hydrogen (secondary N) is 1. The molecule has 1 saturated heterocycles. The van der Waals surface area contributed by atoms with Crippen molar-refractivity contribution >= 4 is 22.9 Å². The lowest BCUT2D eigenvalue weighted by Gasteiger charge is -2.20. The van der Waals surface area contributed by atoms with Gasteiger partial charge in [-0.1, -0.05) is 6.07 Å². The number of imidazole rings is 1. The molecule has 1 aliphatic heterocycles. The minimum Gasteiger partial charge on any atom is -0.487 e. The topological polar surface area (TPSA) is 103 Å². The van der Waals surface area contributed by atoms with Gasteiger partial charge in [0, 0.05) is 62.6 Å². The second-order valence-electron chi connectivity index (χ2n) is 10.9. The maximum absolute atomic E-state index is 15.4. The van der Waals surface area contributed by atoms with E-state index < -0.39 is 5.82 Å². The first-order valence-electron chi connectivity index (χ1n) is 13.8. The molecule has 0 spiro atoms. The Morgan fingerprint density at radius 1 is 1.24 bits per heavy atom. The summed E-state index contributed by atoms with van der Waals surface area (Å²) in [7, 11) is 3.81. The van der Waals surface area contributed by atoms with Gasteiger partial charge in [-0.15, -0.1) is 5.10 Å². The van der Waals surface area contributed by atoms with Gasteiger partial charge in [0.2, 0.25) is 5.91 Å². The molecular weight excluding hydrogens is 527 g/mol. The molecule has 41 heavy (non-hydrogen) atoms. The Balaban J connectivity index is 1.07. The van der Waals surface area contributed by atoms with Crippen molar-refractivity contribution in [2.75, 3.05) is 38.7 Å². The van der Waals surface area contributed by atoms with Crippen LogP contribution in [0, 0.1) is 11.7 Å². The second kappa shape index (κ2) is 10.3. The summed E-state index contributed by atoms with van der Waals surface area (Å²) in [6.07, 6.45) is 8.44. The highest BCUT2D eigenvalue weighted by Crippen LogP contribution is 2.47. The molecule has 5 aromatic heterocycles. The average Bonchev–Trinajstić information content (AvgIpc) is 3.40. The Morgan fingerprint density at radius 3 is 3.02 bits per heavy atom. The smallest absolute Gasteiger partial charge is 0.229 e. The molecule has 2 aliphatic rings. The van der Waals surface area contributed by atoms with Crippen molar-refractivity contribution in [2.24, 2.45) is 13.0 Å². The van der Waals surface area contributed by atoms with Crippen LogP contribution in [0.25, 0.3) is 22.4 Å². The number of hydrogen-bond acceptors (Lipinski definition) is 7. The molecule has 2 fully saturated rings. The van der Waals surface area contributed by atoms with Crippen LogP contribution in [0.2, 0.25) is 0 Å². The Morgan fingerprint density at radius 2 is 2.15 bits per heavy atom. The molecule has 0 radical (unpaired) electrons. The molecule has 6 heterocycles. The van der Waals surface area contributed by atoms with Crippen molar-refractivity contribution < 1.29 is 18.7 Å². The van der Waals surface area contributed by atoms with E-state index in [1.54, 1.807) is 30.1 Å². The van der Waals surface area contributed by atoms with Gasteiger partial charge in [-0.3, -0.25) is 9.48 Å². The van der Waals surface area contributed by atoms with Gasteiger partial charge in [-0.2, -0.15) is 5.10 Å². The van der Waals surface area contributed by atoms with E-state index in [1.807, 2.05) is 35.0 Å². The number of carbonyl (C=O) groups is 1. The zero-order chi connectivity index (χ0) is 28.1. The van der Waals surface area contributed by atoms with Crippen LogP contribution < -0.4 is 10.1 Å². The third-order valence-electron chi connectivity index (χ3n) is 7.83. The number of halogens is 1. The summed E-state index contributed by atoms with van der Waals surface area (Å²) in [6, 6.07) is 9.25. The number of nitrogens with zero attached hydrogens (tertiary/aromatic N) is 7. The number of amides is 1. The summed E-state index contributed by atoms with van der Waals surface area (Å²) in [5.74, 6) is 0.136. The van der Waals surface area contributed by atoms with Crippen LogP contribution in [0.4, 0.5) is 10.2 Å². The molecule has 5 aromatic rings. The van der Waals surface area contributed by atoms with Gasteiger partial charge >= 0.3 is 0 Å². The van der Waals surface area contributed by atoms with Gasteiger partial charge in [0.1, 0.15) is 24.1 Å². The van der Waals surface area contributed by atoms with Crippen LogP contribution in [0.1, 0.15) is 24.5 Å². The highest BCUT2D eigenvalue weighted by Gasteiger charge is 2.45. The highest BCUT2D eigenvalue weighted by atomic mass is 19.1. The molecule has 7 rings (SSSR count). The first kappa shape index (κ1) is 25.7. The van der Waals surface area contributed by atoms with E-state index in [9.17, 15) is 4.79 Å². The Labute approximate surface area is 235 Å². The summed E-state index contributed by atoms with van der Waals surface area (Å²) in [4.78, 5) is 19.9. The van der Waals surface area contributed by atoms with Gasteiger partial charge in [0.15, 0.2) is 17.4 Å². The zero-order valence-electron chi connectivity index (χ0n) is 22.9. The number of rotatable bonds is 7. The molecule has 0 bridgehead atoms. The highest BCUT2D eigenvalue weighted by molar-refractivity contribution is 5.95. The predicted octanol–water partition coefficient (Wildman–Crippen LogP) is 3.36. The maximum atomic E-state index is 15.4. The fourth-order valence-corrected chi connectivity index (χ4v) is 5.61. The molecule has 3 atom stereocenters. The Bertz CT molecular complexity index is 1710. The van der Waals surface area contributed by atoms with Crippen LogP contribution in [0.5, 0.6) is 5.75 Å². The Hall–Kier alpha value is -4.29. The molecule has 1 N–H and O–H groups in total. The number of carbonyl (C=O) groups excluding carboxylic acids is 1. The quantitative estimate of drug-likeness (QED) is 0.327. The third kappa shape index (κ3) is 5.04. The molecule has 12 heteroatoms. The summed E-state index contributed by atoms with van der Waals surface area (Å²) in [5.41, 5.74) is 3.25. The number of aromatic nitrogens is 6. The van der Waals surface area contributed by atoms with Crippen molar-refractivity contribution in [1.82, 2.24) is 33.7 Å². The van der Waals surface area contributed by atoms with Crippen LogP contribution >= 0.6 is 0 Å². The van der Waals surface area contributed by atoms with Gasteiger partial charge in [0.05, 0.1) is 23.6 Å². The monoisotopic (exact) mass is 558 g/mol. The lowest BCUT2D eigenvalue weighted by molar-refractivity contribution is -0.117. The van der Waals surface area contributed by atoms with E-state index in [0.29, 0.717) is 41.6 Å². The van der Waals surface area contributed by atoms with E-state index >= 15 is 4.39 Å². The van der Waals surface area contributed by atoms with Gasteiger partial charge in [-0.05, 0) is 38.1 Å². The van der Waals surface area contributed by atoms with Gasteiger partial charge in [0.25, 0.3) is 0 Å². The molecule has 212 valence electrons. The predicted molar refractivity (Wildman–Crippen MR) is 149 cm³/mol. The lowest BCUT2D eigenvalue weighted by Crippen LogP contribution is -2.32.